The lowest BCUT2D eigenvalue weighted by molar-refractivity contribution is -0.146. The number of carbonyl (C=O) groups excluding carboxylic acids is 2. The zero-order valence-corrected chi connectivity index (χ0v) is 10.4. The first kappa shape index (κ1) is 14.0. The number of hydrogen-bond donors (Lipinski definition) is 1. The maximum absolute atomic E-state index is 11.8. The molecule has 1 amide bonds. The van der Waals surface area contributed by atoms with E-state index in [1.54, 1.807) is 11.8 Å². The number of ether oxygens (including phenoxy) is 1. The summed E-state index contributed by atoms with van der Waals surface area (Å²) in [4.78, 5) is 24.6. The van der Waals surface area contributed by atoms with Crippen LogP contribution in [0.4, 0.5) is 0 Å². The fourth-order valence-electron chi connectivity index (χ4n) is 1.96. The van der Waals surface area contributed by atoms with Gasteiger partial charge in [-0.15, -0.1) is 0 Å². The summed E-state index contributed by atoms with van der Waals surface area (Å²) in [5.41, 5.74) is 0. The molecule has 0 aromatic rings. The summed E-state index contributed by atoms with van der Waals surface area (Å²) in [5.74, 6) is -0.520. The van der Waals surface area contributed by atoms with Crippen LogP contribution in [0.5, 0.6) is 0 Å². The quantitative estimate of drug-likeness (QED) is 0.722. The smallest absolute Gasteiger partial charge is 0.308 e. The molecule has 1 saturated heterocycles. The average Bonchev–Trinajstić information content (AvgIpc) is 2.30. The van der Waals surface area contributed by atoms with Gasteiger partial charge in [-0.05, 0) is 26.2 Å². The number of amides is 1. The van der Waals surface area contributed by atoms with Crippen molar-refractivity contribution in [3.8, 4) is 0 Å². The van der Waals surface area contributed by atoms with Crippen LogP contribution >= 0.6 is 0 Å². The second kappa shape index (κ2) is 7.27. The molecular formula is C12H21NO4. The summed E-state index contributed by atoms with van der Waals surface area (Å²) in [5, 5.41) is 9.60. The first-order valence-electron chi connectivity index (χ1n) is 6.25. The summed E-state index contributed by atoms with van der Waals surface area (Å²) in [6.07, 6.45) is 2.20. The molecule has 0 saturated carbocycles. The van der Waals surface area contributed by atoms with Crippen LogP contribution in [0.25, 0.3) is 0 Å². The maximum atomic E-state index is 11.8. The van der Waals surface area contributed by atoms with Gasteiger partial charge in [-0.3, -0.25) is 9.59 Å². The second-order valence-electron chi connectivity index (χ2n) is 4.31. The summed E-state index contributed by atoms with van der Waals surface area (Å²) < 4.78 is 4.72. The number of esters is 1. The van der Waals surface area contributed by atoms with Gasteiger partial charge in [0.05, 0.1) is 25.6 Å². The van der Waals surface area contributed by atoms with Gasteiger partial charge in [-0.1, -0.05) is 0 Å². The lowest BCUT2D eigenvalue weighted by Gasteiger charge is -2.27. The van der Waals surface area contributed by atoms with Gasteiger partial charge in [-0.25, -0.2) is 0 Å². The molecule has 0 aliphatic carbocycles. The van der Waals surface area contributed by atoms with E-state index in [0.29, 0.717) is 6.61 Å². The predicted octanol–water partition coefficient (Wildman–Crippen LogP) is 0.703. The monoisotopic (exact) mass is 243 g/mol. The molecule has 1 N–H and O–H groups in total. The number of aliphatic hydroxyl groups is 1. The molecule has 0 radical (unpaired) electrons. The standard InChI is InChI=1S/C12H21NO4/c1-2-17-12(16)9-10(14)8-11(15)13-6-4-3-5-7-13/h10,14H,2-9H2,1H3/t10-/m0/s1. The molecule has 1 atom stereocenters. The zero-order chi connectivity index (χ0) is 12.7. The largest absolute Gasteiger partial charge is 0.466 e. The van der Waals surface area contributed by atoms with E-state index in [9.17, 15) is 14.7 Å². The molecule has 1 heterocycles. The Morgan fingerprint density at radius 3 is 2.47 bits per heavy atom. The predicted molar refractivity (Wildman–Crippen MR) is 62.3 cm³/mol. The van der Waals surface area contributed by atoms with Gasteiger partial charge >= 0.3 is 5.97 Å². The number of nitrogens with zero attached hydrogens (tertiary/aromatic N) is 1. The Labute approximate surface area is 102 Å². The highest BCUT2D eigenvalue weighted by molar-refractivity contribution is 5.78. The van der Waals surface area contributed by atoms with Crippen molar-refractivity contribution >= 4 is 11.9 Å². The van der Waals surface area contributed by atoms with Gasteiger partial charge in [0.1, 0.15) is 0 Å². The molecule has 98 valence electrons. The lowest BCUT2D eigenvalue weighted by atomic mass is 10.1. The van der Waals surface area contributed by atoms with E-state index >= 15 is 0 Å². The third-order valence-electron chi connectivity index (χ3n) is 2.83. The van der Waals surface area contributed by atoms with Crippen LogP contribution in [-0.2, 0) is 14.3 Å². The zero-order valence-electron chi connectivity index (χ0n) is 10.4. The van der Waals surface area contributed by atoms with Crippen molar-refractivity contribution in [3.05, 3.63) is 0 Å². The topological polar surface area (TPSA) is 66.8 Å². The second-order valence-corrected chi connectivity index (χ2v) is 4.31. The van der Waals surface area contributed by atoms with Crippen LogP contribution in [-0.4, -0.2) is 47.7 Å². The van der Waals surface area contributed by atoms with E-state index in [-0.39, 0.29) is 18.7 Å². The molecule has 0 aromatic carbocycles. The first-order chi connectivity index (χ1) is 8.13. The van der Waals surface area contributed by atoms with Crippen molar-refractivity contribution in [1.29, 1.82) is 0 Å². The Kier molecular flexibility index (Phi) is 5.97. The number of likely N-dealkylation sites (tertiary alicyclic amines) is 1. The molecule has 1 rings (SSSR count). The van der Waals surface area contributed by atoms with E-state index in [4.69, 9.17) is 4.74 Å². The van der Waals surface area contributed by atoms with E-state index < -0.39 is 12.1 Å². The van der Waals surface area contributed by atoms with Gasteiger partial charge < -0.3 is 14.7 Å². The SMILES string of the molecule is CCOC(=O)C[C@@H](O)CC(=O)N1CCCCC1. The number of hydrogen-bond acceptors (Lipinski definition) is 4. The van der Waals surface area contributed by atoms with Crippen molar-refractivity contribution < 1.29 is 19.4 Å². The Hall–Kier alpha value is -1.10. The van der Waals surface area contributed by atoms with Crippen molar-refractivity contribution in [2.45, 2.75) is 45.1 Å². The molecule has 0 bridgehead atoms. The summed E-state index contributed by atoms with van der Waals surface area (Å²) in [7, 11) is 0. The van der Waals surface area contributed by atoms with Gasteiger partial charge in [-0.2, -0.15) is 0 Å². The fourth-order valence-corrected chi connectivity index (χ4v) is 1.96. The van der Waals surface area contributed by atoms with Gasteiger partial charge in [0.2, 0.25) is 5.91 Å². The van der Waals surface area contributed by atoms with Crippen LogP contribution in [0.2, 0.25) is 0 Å². The van der Waals surface area contributed by atoms with Crippen molar-refractivity contribution in [2.24, 2.45) is 0 Å². The average molecular weight is 243 g/mol. The number of rotatable bonds is 5. The first-order valence-corrected chi connectivity index (χ1v) is 6.25. The Bertz CT molecular complexity index is 261. The summed E-state index contributed by atoms with van der Waals surface area (Å²) in [6, 6.07) is 0. The van der Waals surface area contributed by atoms with Crippen molar-refractivity contribution in [2.75, 3.05) is 19.7 Å². The minimum Gasteiger partial charge on any atom is -0.466 e. The van der Waals surface area contributed by atoms with E-state index in [2.05, 4.69) is 0 Å². The van der Waals surface area contributed by atoms with E-state index in [0.717, 1.165) is 32.4 Å². The highest BCUT2D eigenvalue weighted by Crippen LogP contribution is 2.11. The van der Waals surface area contributed by atoms with Crippen molar-refractivity contribution in [3.63, 3.8) is 0 Å². The minimum absolute atomic E-state index is 0.0127. The van der Waals surface area contributed by atoms with E-state index in [1.807, 2.05) is 0 Å². The molecule has 0 spiro atoms. The molecule has 17 heavy (non-hydrogen) atoms. The molecular weight excluding hydrogens is 222 g/mol. The highest BCUT2D eigenvalue weighted by Gasteiger charge is 2.21. The van der Waals surface area contributed by atoms with Gasteiger partial charge in [0.15, 0.2) is 0 Å². The third kappa shape index (κ3) is 5.17. The molecule has 5 nitrogen and oxygen atoms in total. The Morgan fingerprint density at radius 1 is 1.24 bits per heavy atom. The molecule has 1 aliphatic rings. The fraction of sp³-hybridized carbons (Fsp3) is 0.833. The van der Waals surface area contributed by atoms with Crippen LogP contribution in [0.15, 0.2) is 0 Å². The Morgan fingerprint density at radius 2 is 1.88 bits per heavy atom. The molecule has 5 heteroatoms. The van der Waals surface area contributed by atoms with Crippen LogP contribution < -0.4 is 0 Å². The van der Waals surface area contributed by atoms with E-state index in [1.165, 1.54) is 0 Å². The van der Waals surface area contributed by atoms with Crippen LogP contribution in [0.3, 0.4) is 0 Å². The summed E-state index contributed by atoms with van der Waals surface area (Å²) >= 11 is 0. The third-order valence-corrected chi connectivity index (χ3v) is 2.83. The molecule has 0 unspecified atom stereocenters. The maximum Gasteiger partial charge on any atom is 0.308 e. The minimum atomic E-state index is -0.927. The molecule has 1 aliphatic heterocycles. The molecule has 1 fully saturated rings. The van der Waals surface area contributed by atoms with Gasteiger partial charge in [0, 0.05) is 13.1 Å². The normalized spacial score (nSPS) is 17.6. The number of piperidine rings is 1. The highest BCUT2D eigenvalue weighted by atomic mass is 16.5. The Balaban J connectivity index is 2.26. The summed E-state index contributed by atoms with van der Waals surface area (Å²) in [6.45, 7) is 3.55. The van der Waals surface area contributed by atoms with Gasteiger partial charge in [0.25, 0.3) is 0 Å². The lowest BCUT2D eigenvalue weighted by Crippen LogP contribution is -2.37. The van der Waals surface area contributed by atoms with Crippen LogP contribution in [0.1, 0.15) is 39.0 Å². The van der Waals surface area contributed by atoms with Crippen molar-refractivity contribution in [1.82, 2.24) is 4.90 Å². The number of carbonyl (C=O) groups is 2. The van der Waals surface area contributed by atoms with Crippen LogP contribution in [0, 0.1) is 0 Å². The molecule has 0 aromatic heterocycles. The number of aliphatic hydroxyl groups excluding tert-OH is 1.